The lowest BCUT2D eigenvalue weighted by atomic mass is 10.1. The summed E-state index contributed by atoms with van der Waals surface area (Å²) in [4.78, 5) is 4.29. The van der Waals surface area contributed by atoms with Crippen LogP contribution in [0.1, 0.15) is 17.1 Å². The summed E-state index contributed by atoms with van der Waals surface area (Å²) >= 11 is 0. The van der Waals surface area contributed by atoms with E-state index in [1.165, 1.54) is 0 Å². The highest BCUT2D eigenvalue weighted by Gasteiger charge is 2.06. The number of benzene rings is 1. The lowest BCUT2D eigenvalue weighted by Gasteiger charge is -2.10. The molecular formula is C15H16N4O. The Balaban J connectivity index is 1.95. The van der Waals surface area contributed by atoms with Crippen LogP contribution in [-0.4, -0.2) is 10.1 Å². The Bertz CT molecular complexity index is 764. The lowest BCUT2D eigenvalue weighted by molar-refractivity contribution is 0.384. The van der Waals surface area contributed by atoms with Crippen LogP contribution >= 0.6 is 0 Å². The zero-order chi connectivity index (χ0) is 14.1. The molecule has 0 aliphatic heterocycles. The molecule has 20 heavy (non-hydrogen) atoms. The fourth-order valence-electron chi connectivity index (χ4n) is 2.20. The van der Waals surface area contributed by atoms with Gasteiger partial charge in [0.05, 0.1) is 12.2 Å². The minimum Gasteiger partial charge on any atom is -0.398 e. The number of aromatic nitrogens is 2. The number of nitrogen functional groups attached to an aromatic ring is 1. The van der Waals surface area contributed by atoms with Gasteiger partial charge in [-0.25, -0.2) is 0 Å². The molecule has 0 saturated heterocycles. The van der Waals surface area contributed by atoms with Crippen molar-refractivity contribution in [3.05, 3.63) is 47.6 Å². The fourth-order valence-corrected chi connectivity index (χ4v) is 2.20. The molecule has 2 aromatic heterocycles. The van der Waals surface area contributed by atoms with Crippen LogP contribution in [0.25, 0.3) is 10.8 Å². The van der Waals surface area contributed by atoms with Crippen LogP contribution in [-0.2, 0) is 6.54 Å². The molecular weight excluding hydrogens is 252 g/mol. The van der Waals surface area contributed by atoms with Gasteiger partial charge in [0.2, 0.25) is 0 Å². The maximum atomic E-state index is 5.99. The average Bonchev–Trinajstić information content (AvgIpc) is 2.84. The van der Waals surface area contributed by atoms with Crippen LogP contribution in [0.4, 0.5) is 11.4 Å². The smallest absolute Gasteiger partial charge is 0.156 e. The second-order valence-electron chi connectivity index (χ2n) is 4.86. The first-order chi connectivity index (χ1) is 9.63. The van der Waals surface area contributed by atoms with Gasteiger partial charge in [-0.2, -0.15) is 0 Å². The SMILES string of the molecule is Cc1cc2c(NCc3cc(C)no3)ccc(N)c2cn1. The standard InChI is InChI=1S/C15H16N4O/c1-9-6-12-13(8-17-9)14(16)3-4-15(12)18-7-11-5-10(2)19-20-11/h3-6,8,18H,7,16H2,1-2H3. The Morgan fingerprint density at radius 1 is 1.15 bits per heavy atom. The Labute approximate surface area is 116 Å². The second kappa shape index (κ2) is 4.85. The molecule has 5 nitrogen and oxygen atoms in total. The first-order valence-electron chi connectivity index (χ1n) is 6.44. The van der Waals surface area contributed by atoms with Crippen molar-refractivity contribution >= 4 is 22.1 Å². The Hall–Kier alpha value is -2.56. The molecule has 0 unspecified atom stereocenters. The molecule has 102 valence electrons. The summed E-state index contributed by atoms with van der Waals surface area (Å²) in [5, 5.41) is 9.25. The van der Waals surface area contributed by atoms with E-state index >= 15 is 0 Å². The molecule has 0 aliphatic carbocycles. The summed E-state index contributed by atoms with van der Waals surface area (Å²) in [6.07, 6.45) is 1.81. The predicted octanol–water partition coefficient (Wildman–Crippen LogP) is 3.03. The maximum absolute atomic E-state index is 5.99. The van der Waals surface area contributed by atoms with Gasteiger partial charge in [0.1, 0.15) is 0 Å². The number of pyridine rings is 1. The summed E-state index contributed by atoms with van der Waals surface area (Å²) in [5.74, 6) is 0.804. The number of nitrogens with two attached hydrogens (primary N) is 1. The number of hydrogen-bond acceptors (Lipinski definition) is 5. The molecule has 3 N–H and O–H groups in total. The van der Waals surface area contributed by atoms with E-state index in [-0.39, 0.29) is 0 Å². The van der Waals surface area contributed by atoms with E-state index in [9.17, 15) is 0 Å². The highest BCUT2D eigenvalue weighted by atomic mass is 16.5. The van der Waals surface area contributed by atoms with Crippen molar-refractivity contribution in [2.45, 2.75) is 20.4 Å². The third-order valence-electron chi connectivity index (χ3n) is 3.20. The Morgan fingerprint density at radius 3 is 2.75 bits per heavy atom. The quantitative estimate of drug-likeness (QED) is 0.714. The lowest BCUT2D eigenvalue weighted by Crippen LogP contribution is -2.00. The van der Waals surface area contributed by atoms with Gasteiger partial charge < -0.3 is 15.6 Å². The van der Waals surface area contributed by atoms with Gasteiger partial charge in [-0.05, 0) is 32.0 Å². The van der Waals surface area contributed by atoms with Crippen molar-refractivity contribution in [2.75, 3.05) is 11.1 Å². The number of rotatable bonds is 3. The van der Waals surface area contributed by atoms with E-state index in [0.717, 1.165) is 39.3 Å². The van der Waals surface area contributed by atoms with E-state index in [4.69, 9.17) is 10.3 Å². The number of hydrogen-bond donors (Lipinski definition) is 2. The van der Waals surface area contributed by atoms with Gasteiger partial charge in [0.25, 0.3) is 0 Å². The van der Waals surface area contributed by atoms with E-state index < -0.39 is 0 Å². The first kappa shape index (κ1) is 12.5. The largest absolute Gasteiger partial charge is 0.398 e. The zero-order valence-corrected chi connectivity index (χ0v) is 11.5. The van der Waals surface area contributed by atoms with Crippen LogP contribution in [0, 0.1) is 13.8 Å². The minimum atomic E-state index is 0.585. The van der Waals surface area contributed by atoms with Crippen LogP contribution in [0.3, 0.4) is 0 Å². The predicted molar refractivity (Wildman–Crippen MR) is 79.5 cm³/mol. The third-order valence-corrected chi connectivity index (χ3v) is 3.20. The highest BCUT2D eigenvalue weighted by molar-refractivity contribution is 6.00. The van der Waals surface area contributed by atoms with Gasteiger partial charge in [-0.15, -0.1) is 0 Å². The molecule has 0 amide bonds. The van der Waals surface area contributed by atoms with Crippen molar-refractivity contribution in [1.29, 1.82) is 0 Å². The summed E-state index contributed by atoms with van der Waals surface area (Å²) in [5.41, 5.74) is 9.57. The van der Waals surface area contributed by atoms with Gasteiger partial charge in [0, 0.05) is 40.1 Å². The topological polar surface area (TPSA) is 77.0 Å². The third kappa shape index (κ3) is 2.30. The van der Waals surface area contributed by atoms with Crippen LogP contribution in [0.5, 0.6) is 0 Å². The number of anilines is 2. The van der Waals surface area contributed by atoms with Crippen LogP contribution in [0.2, 0.25) is 0 Å². The maximum Gasteiger partial charge on any atom is 0.156 e. The molecule has 0 bridgehead atoms. The van der Waals surface area contributed by atoms with Gasteiger partial charge >= 0.3 is 0 Å². The minimum absolute atomic E-state index is 0.585. The second-order valence-corrected chi connectivity index (χ2v) is 4.86. The molecule has 2 heterocycles. The normalized spacial score (nSPS) is 10.9. The molecule has 0 saturated carbocycles. The van der Waals surface area contributed by atoms with Crippen molar-refractivity contribution in [2.24, 2.45) is 0 Å². The van der Waals surface area contributed by atoms with Gasteiger partial charge in [0.15, 0.2) is 5.76 Å². The number of nitrogens with zero attached hydrogens (tertiary/aromatic N) is 2. The molecule has 5 heteroatoms. The monoisotopic (exact) mass is 268 g/mol. The van der Waals surface area contributed by atoms with Gasteiger partial charge in [-0.3, -0.25) is 4.98 Å². The van der Waals surface area contributed by atoms with Crippen molar-refractivity contribution in [3.63, 3.8) is 0 Å². The average molecular weight is 268 g/mol. The molecule has 0 atom stereocenters. The number of aryl methyl sites for hydroxylation is 2. The number of fused-ring (bicyclic) bond motifs is 1. The van der Waals surface area contributed by atoms with E-state index in [2.05, 4.69) is 15.5 Å². The summed E-state index contributed by atoms with van der Waals surface area (Å²) < 4.78 is 5.20. The summed E-state index contributed by atoms with van der Waals surface area (Å²) in [6.45, 7) is 4.45. The highest BCUT2D eigenvalue weighted by Crippen LogP contribution is 2.28. The van der Waals surface area contributed by atoms with E-state index in [1.54, 1.807) is 0 Å². The van der Waals surface area contributed by atoms with E-state index in [1.807, 2.05) is 44.3 Å². The van der Waals surface area contributed by atoms with Crippen molar-refractivity contribution in [1.82, 2.24) is 10.1 Å². The molecule has 0 aliphatic rings. The van der Waals surface area contributed by atoms with Crippen LogP contribution in [0.15, 0.2) is 35.0 Å². The van der Waals surface area contributed by atoms with Crippen LogP contribution < -0.4 is 11.1 Å². The molecule has 1 aromatic carbocycles. The molecule has 3 rings (SSSR count). The summed E-state index contributed by atoms with van der Waals surface area (Å²) in [6, 6.07) is 7.80. The number of nitrogens with one attached hydrogen (secondary N) is 1. The van der Waals surface area contributed by atoms with Crippen molar-refractivity contribution in [3.8, 4) is 0 Å². The molecule has 3 aromatic rings. The first-order valence-corrected chi connectivity index (χ1v) is 6.44. The molecule has 0 radical (unpaired) electrons. The Kier molecular flexibility index (Phi) is 3.02. The van der Waals surface area contributed by atoms with Gasteiger partial charge in [-0.1, -0.05) is 5.16 Å². The zero-order valence-electron chi connectivity index (χ0n) is 11.5. The van der Waals surface area contributed by atoms with Crippen molar-refractivity contribution < 1.29 is 4.52 Å². The fraction of sp³-hybridized carbons (Fsp3) is 0.200. The van der Waals surface area contributed by atoms with E-state index in [0.29, 0.717) is 6.54 Å². The molecule has 0 fully saturated rings. The Morgan fingerprint density at radius 2 is 2.00 bits per heavy atom. The summed E-state index contributed by atoms with van der Waals surface area (Å²) in [7, 11) is 0. The molecule has 0 spiro atoms.